The van der Waals surface area contributed by atoms with Gasteiger partial charge in [-0.25, -0.2) is 4.79 Å². The predicted octanol–water partition coefficient (Wildman–Crippen LogP) is 4.70. The third-order valence-corrected chi connectivity index (χ3v) is 3.73. The molecule has 2 aromatic carbocycles. The molecule has 0 unspecified atom stereocenters. The summed E-state index contributed by atoms with van der Waals surface area (Å²) in [5.74, 6) is 0.639. The minimum Gasteiger partial charge on any atom is -0.490 e. The highest BCUT2D eigenvalue weighted by Gasteiger charge is 2.09. The Morgan fingerprint density at radius 3 is 2.24 bits per heavy atom. The van der Waals surface area contributed by atoms with Crippen LogP contribution in [-0.2, 0) is 9.53 Å². The predicted molar refractivity (Wildman–Crippen MR) is 113 cm³/mol. The molecule has 0 heterocycles. The number of benzene rings is 2. The van der Waals surface area contributed by atoms with Crippen LogP contribution in [0.25, 0.3) is 6.08 Å². The van der Waals surface area contributed by atoms with Gasteiger partial charge in [-0.05, 0) is 75.7 Å². The van der Waals surface area contributed by atoms with E-state index in [0.717, 1.165) is 5.56 Å². The van der Waals surface area contributed by atoms with Crippen molar-refractivity contribution in [3.63, 3.8) is 0 Å². The summed E-state index contributed by atoms with van der Waals surface area (Å²) in [6.45, 7) is 8.47. The molecular formula is C23H27NO5. The summed E-state index contributed by atoms with van der Waals surface area (Å²) in [4.78, 5) is 24.0. The van der Waals surface area contributed by atoms with Crippen LogP contribution in [0, 0.1) is 0 Å². The van der Waals surface area contributed by atoms with Gasteiger partial charge >= 0.3 is 5.97 Å². The number of carbonyl (C=O) groups excluding carboxylic acids is 2. The largest absolute Gasteiger partial charge is 0.490 e. The zero-order chi connectivity index (χ0) is 21.2. The van der Waals surface area contributed by atoms with E-state index in [0.29, 0.717) is 36.0 Å². The first-order valence-electron chi connectivity index (χ1n) is 9.62. The number of hydrogen-bond acceptors (Lipinski definition) is 5. The highest BCUT2D eigenvalue weighted by atomic mass is 16.5. The van der Waals surface area contributed by atoms with E-state index >= 15 is 0 Å². The zero-order valence-corrected chi connectivity index (χ0v) is 17.2. The first-order chi connectivity index (χ1) is 13.9. The minimum absolute atomic E-state index is 0.183. The molecule has 1 amide bonds. The van der Waals surface area contributed by atoms with Crippen molar-refractivity contribution < 1.29 is 23.8 Å². The maximum atomic E-state index is 12.2. The Balaban J connectivity index is 2.00. The molecule has 0 saturated heterocycles. The molecule has 0 aromatic heterocycles. The van der Waals surface area contributed by atoms with Gasteiger partial charge in [0.25, 0.3) is 0 Å². The number of hydrogen-bond donors (Lipinski definition) is 1. The van der Waals surface area contributed by atoms with Gasteiger partial charge in [-0.1, -0.05) is 6.07 Å². The molecule has 6 nitrogen and oxygen atoms in total. The molecule has 2 aromatic rings. The first-order valence-corrected chi connectivity index (χ1v) is 9.62. The van der Waals surface area contributed by atoms with Gasteiger partial charge in [0.1, 0.15) is 0 Å². The lowest BCUT2D eigenvalue weighted by Crippen LogP contribution is -2.12. The quantitative estimate of drug-likeness (QED) is 0.490. The zero-order valence-electron chi connectivity index (χ0n) is 17.2. The number of rotatable bonds is 9. The average Bonchev–Trinajstić information content (AvgIpc) is 2.68. The van der Waals surface area contributed by atoms with Crippen LogP contribution in [0.2, 0.25) is 0 Å². The van der Waals surface area contributed by atoms with Crippen LogP contribution in [0.15, 0.2) is 48.5 Å². The van der Waals surface area contributed by atoms with E-state index in [9.17, 15) is 9.59 Å². The van der Waals surface area contributed by atoms with Crippen molar-refractivity contribution in [1.29, 1.82) is 0 Å². The second kappa shape index (κ2) is 10.9. The molecule has 0 bridgehead atoms. The summed E-state index contributed by atoms with van der Waals surface area (Å²) in [6, 6.07) is 12.1. The molecule has 29 heavy (non-hydrogen) atoms. The molecule has 0 aliphatic rings. The molecule has 0 fully saturated rings. The lowest BCUT2D eigenvalue weighted by Gasteiger charge is -2.11. The summed E-state index contributed by atoms with van der Waals surface area (Å²) in [5.41, 5.74) is 1.84. The van der Waals surface area contributed by atoms with Crippen LogP contribution in [0.4, 0.5) is 5.69 Å². The number of nitrogens with one attached hydrogen (secondary N) is 1. The van der Waals surface area contributed by atoms with E-state index in [1.54, 1.807) is 44.2 Å². The maximum absolute atomic E-state index is 12.2. The first kappa shape index (κ1) is 22.0. The van der Waals surface area contributed by atoms with E-state index in [4.69, 9.17) is 14.2 Å². The second-order valence-corrected chi connectivity index (χ2v) is 6.43. The third kappa shape index (κ3) is 6.99. The molecule has 154 valence electrons. The lowest BCUT2D eigenvalue weighted by molar-refractivity contribution is -0.111. The van der Waals surface area contributed by atoms with Gasteiger partial charge in [-0.15, -0.1) is 0 Å². The topological polar surface area (TPSA) is 73.9 Å². The normalized spacial score (nSPS) is 10.8. The van der Waals surface area contributed by atoms with Crippen molar-refractivity contribution in [2.75, 3.05) is 18.5 Å². The Hall–Kier alpha value is -3.28. The molecular weight excluding hydrogens is 370 g/mol. The van der Waals surface area contributed by atoms with E-state index in [2.05, 4.69) is 5.32 Å². The summed E-state index contributed by atoms with van der Waals surface area (Å²) in [5, 5.41) is 2.76. The molecule has 1 N–H and O–H groups in total. The molecule has 0 radical (unpaired) electrons. The Labute approximate surface area is 171 Å². The maximum Gasteiger partial charge on any atom is 0.338 e. The monoisotopic (exact) mass is 397 g/mol. The van der Waals surface area contributed by atoms with Gasteiger partial charge in [0.2, 0.25) is 5.91 Å². The average molecular weight is 397 g/mol. The van der Waals surface area contributed by atoms with E-state index < -0.39 is 5.97 Å². The molecule has 0 aliphatic carbocycles. The summed E-state index contributed by atoms with van der Waals surface area (Å²) in [7, 11) is 0. The van der Waals surface area contributed by atoms with Crippen molar-refractivity contribution in [1.82, 2.24) is 0 Å². The van der Waals surface area contributed by atoms with Gasteiger partial charge in [0.05, 0.1) is 24.9 Å². The van der Waals surface area contributed by atoms with Crippen LogP contribution >= 0.6 is 0 Å². The van der Waals surface area contributed by atoms with Crippen molar-refractivity contribution in [2.24, 2.45) is 0 Å². The van der Waals surface area contributed by atoms with Crippen molar-refractivity contribution in [3.05, 3.63) is 59.7 Å². The highest BCUT2D eigenvalue weighted by Crippen LogP contribution is 2.29. The number of esters is 1. The van der Waals surface area contributed by atoms with Gasteiger partial charge in [-0.3, -0.25) is 4.79 Å². The number of carbonyl (C=O) groups is 2. The van der Waals surface area contributed by atoms with Crippen LogP contribution in [0.1, 0.15) is 43.6 Å². The highest BCUT2D eigenvalue weighted by molar-refractivity contribution is 6.02. The minimum atomic E-state index is -0.390. The van der Waals surface area contributed by atoms with Crippen molar-refractivity contribution in [2.45, 2.75) is 33.8 Å². The van der Waals surface area contributed by atoms with Crippen molar-refractivity contribution >= 4 is 23.6 Å². The third-order valence-electron chi connectivity index (χ3n) is 3.73. The second-order valence-electron chi connectivity index (χ2n) is 6.43. The molecule has 0 saturated carbocycles. The lowest BCUT2D eigenvalue weighted by atomic mass is 10.2. The van der Waals surface area contributed by atoms with Gasteiger partial charge in [0.15, 0.2) is 11.5 Å². The van der Waals surface area contributed by atoms with Gasteiger partial charge in [-0.2, -0.15) is 0 Å². The Kier molecular flexibility index (Phi) is 8.27. The van der Waals surface area contributed by atoms with E-state index in [-0.39, 0.29) is 12.0 Å². The van der Waals surface area contributed by atoms with Crippen LogP contribution in [-0.4, -0.2) is 31.2 Å². The fraction of sp³-hybridized carbons (Fsp3) is 0.304. The Morgan fingerprint density at radius 1 is 0.966 bits per heavy atom. The molecule has 2 rings (SSSR count). The number of anilines is 1. The summed E-state index contributed by atoms with van der Waals surface area (Å²) in [6.07, 6.45) is 2.95. The fourth-order valence-electron chi connectivity index (χ4n) is 2.50. The van der Waals surface area contributed by atoms with Gasteiger partial charge < -0.3 is 19.5 Å². The smallest absolute Gasteiger partial charge is 0.338 e. The molecule has 6 heteroatoms. The van der Waals surface area contributed by atoms with Crippen LogP contribution in [0.3, 0.4) is 0 Å². The van der Waals surface area contributed by atoms with Crippen molar-refractivity contribution in [3.8, 4) is 11.5 Å². The van der Waals surface area contributed by atoms with E-state index in [1.807, 2.05) is 32.0 Å². The Morgan fingerprint density at radius 2 is 1.62 bits per heavy atom. The SMILES string of the molecule is CCOc1ccc(C=CC(=O)Nc2ccc(C(=O)OC(C)C)cc2)cc1OCC. The Bertz CT molecular complexity index is 856. The van der Waals surface area contributed by atoms with Crippen LogP contribution < -0.4 is 14.8 Å². The standard InChI is InChI=1S/C23H27NO5/c1-5-27-20-13-7-17(15-21(20)28-6-2)8-14-22(25)24-19-11-9-18(10-12-19)23(26)29-16(3)4/h7-16H,5-6H2,1-4H3,(H,24,25). The fourth-order valence-corrected chi connectivity index (χ4v) is 2.50. The van der Waals surface area contributed by atoms with Crippen LogP contribution in [0.5, 0.6) is 11.5 Å². The summed E-state index contributed by atoms with van der Waals surface area (Å²) < 4.78 is 16.3. The number of ether oxygens (including phenoxy) is 3. The molecule has 0 aliphatic heterocycles. The summed E-state index contributed by atoms with van der Waals surface area (Å²) >= 11 is 0. The van der Waals surface area contributed by atoms with E-state index in [1.165, 1.54) is 6.08 Å². The number of amides is 1. The molecule has 0 atom stereocenters. The van der Waals surface area contributed by atoms with Gasteiger partial charge in [0, 0.05) is 11.8 Å². The molecule has 0 spiro atoms.